The van der Waals surface area contributed by atoms with Crippen molar-refractivity contribution in [3.05, 3.63) is 127 Å². The zero-order valence-electron chi connectivity index (χ0n) is 37.8. The Kier molecular flexibility index (Phi) is 11.4. The molecule has 4 atom stereocenters. The van der Waals surface area contributed by atoms with Crippen LogP contribution in [0.2, 0.25) is 10.0 Å². The lowest BCUT2D eigenvalue weighted by Crippen LogP contribution is -2.61. The molecule has 4 N–H and O–H groups in total. The summed E-state index contributed by atoms with van der Waals surface area (Å²) in [4.78, 5) is 82.6. The topological polar surface area (TPSA) is 164 Å². The molecule has 3 saturated heterocycles. The first kappa shape index (κ1) is 45.5. The number of hydrogen-bond donors (Lipinski definition) is 4. The van der Waals surface area contributed by atoms with Gasteiger partial charge in [-0.05, 0) is 122 Å². The van der Waals surface area contributed by atoms with Crippen LogP contribution in [0.5, 0.6) is 0 Å². The maximum atomic E-state index is 16.4. The molecule has 4 aliphatic heterocycles. The molecule has 5 aromatic rings. The second-order valence-electron chi connectivity index (χ2n) is 19.7. The molecular formula is C52H50Cl2FN7O6. The summed E-state index contributed by atoms with van der Waals surface area (Å²) in [6, 6.07) is 20.2. The van der Waals surface area contributed by atoms with Crippen LogP contribution in [0, 0.1) is 29.0 Å². The number of halogens is 3. The minimum atomic E-state index is -1.39. The first-order valence-corrected chi connectivity index (χ1v) is 23.9. The molecule has 5 heterocycles. The van der Waals surface area contributed by atoms with E-state index >= 15 is 4.39 Å². The molecular weight excluding hydrogens is 909 g/mol. The molecule has 350 valence electrons. The average molecular weight is 959 g/mol. The Morgan fingerprint density at radius 1 is 0.853 bits per heavy atom. The zero-order valence-corrected chi connectivity index (χ0v) is 39.3. The Labute approximate surface area is 402 Å². The molecule has 5 amide bonds. The van der Waals surface area contributed by atoms with Gasteiger partial charge in [0.05, 0.1) is 22.1 Å². The lowest BCUT2D eigenvalue weighted by Gasteiger charge is -2.50. The summed E-state index contributed by atoms with van der Waals surface area (Å²) in [5, 5.41) is 12.4. The van der Waals surface area contributed by atoms with Gasteiger partial charge in [0.15, 0.2) is 0 Å². The number of anilines is 2. The van der Waals surface area contributed by atoms with Crippen molar-refractivity contribution in [3.8, 4) is 11.8 Å². The lowest BCUT2D eigenvalue weighted by molar-refractivity contribution is -0.135. The molecule has 68 heavy (non-hydrogen) atoms. The van der Waals surface area contributed by atoms with E-state index in [1.165, 1.54) is 15.2 Å². The van der Waals surface area contributed by atoms with Crippen molar-refractivity contribution in [2.45, 2.75) is 94.2 Å². The van der Waals surface area contributed by atoms with Gasteiger partial charge in [-0.1, -0.05) is 67.1 Å². The molecule has 10 rings (SSSR count). The lowest BCUT2D eigenvalue weighted by atomic mass is 9.53. The van der Waals surface area contributed by atoms with E-state index in [4.69, 9.17) is 23.2 Å². The summed E-state index contributed by atoms with van der Waals surface area (Å²) >= 11 is 12.9. The Bertz CT molecular complexity index is 3080. The smallest absolute Gasteiger partial charge is 0.329 e. The fourth-order valence-corrected chi connectivity index (χ4v) is 12.0. The van der Waals surface area contributed by atoms with Gasteiger partial charge in [-0.25, -0.2) is 9.18 Å². The fraction of sp³-hybridized carbons (Fsp3) is 0.385. The molecule has 4 fully saturated rings. The minimum absolute atomic E-state index is 0.00852. The highest BCUT2D eigenvalue weighted by molar-refractivity contribution is 6.31. The highest BCUT2D eigenvalue weighted by atomic mass is 35.5. The Hall–Kier alpha value is -6.27. The van der Waals surface area contributed by atoms with Crippen LogP contribution in [0.15, 0.2) is 83.7 Å². The number of benzene rings is 4. The maximum absolute atomic E-state index is 16.4. The number of aromatic nitrogens is 2. The van der Waals surface area contributed by atoms with E-state index in [9.17, 15) is 28.8 Å². The van der Waals surface area contributed by atoms with E-state index in [0.717, 1.165) is 12.8 Å². The predicted molar refractivity (Wildman–Crippen MR) is 257 cm³/mol. The van der Waals surface area contributed by atoms with Gasteiger partial charge in [-0.3, -0.25) is 43.7 Å². The average Bonchev–Trinajstić information content (AvgIpc) is 3.88. The molecule has 1 unspecified atom stereocenters. The third kappa shape index (κ3) is 7.50. The SMILES string of the molecule is Cn1c(=O)n(C2CCC(=O)NC2=O)c2ccc(C#CC3CCN(C(=O)c4ccc(NC(=O)[C@@H]5NC6(CCC(C)(C)CC6)[C@@]6(C(=O)Nc7cc(Cl)ccc76)[C@H]5c5cccc(Cl)c5F)cc4)CC3)cc21. The quantitative estimate of drug-likeness (QED) is 0.104. The Balaban J connectivity index is 0.844. The summed E-state index contributed by atoms with van der Waals surface area (Å²) in [7, 11) is 1.64. The van der Waals surface area contributed by atoms with E-state index in [-0.39, 0.29) is 58.2 Å². The highest BCUT2D eigenvalue weighted by Gasteiger charge is 2.73. The first-order chi connectivity index (χ1) is 32.5. The zero-order chi connectivity index (χ0) is 47.9. The molecule has 1 aliphatic carbocycles. The van der Waals surface area contributed by atoms with Gasteiger partial charge in [-0.15, -0.1) is 0 Å². The number of piperidine rings is 2. The Morgan fingerprint density at radius 3 is 2.31 bits per heavy atom. The minimum Gasteiger partial charge on any atom is -0.339 e. The third-order valence-corrected chi connectivity index (χ3v) is 15.8. The number of imidazole rings is 1. The van der Waals surface area contributed by atoms with Gasteiger partial charge < -0.3 is 15.5 Å². The number of amides is 5. The number of carbonyl (C=O) groups is 5. The van der Waals surface area contributed by atoms with E-state index in [2.05, 4.69) is 47.0 Å². The van der Waals surface area contributed by atoms with Crippen molar-refractivity contribution in [3.63, 3.8) is 0 Å². The van der Waals surface area contributed by atoms with Crippen molar-refractivity contribution in [2.24, 2.45) is 18.4 Å². The van der Waals surface area contributed by atoms with Crippen LogP contribution in [0.3, 0.4) is 0 Å². The van der Waals surface area contributed by atoms with Crippen molar-refractivity contribution < 1.29 is 28.4 Å². The molecule has 2 spiro atoms. The van der Waals surface area contributed by atoms with Crippen LogP contribution >= 0.6 is 23.2 Å². The number of nitrogens with zero attached hydrogens (tertiary/aromatic N) is 3. The van der Waals surface area contributed by atoms with Crippen LogP contribution in [0.25, 0.3) is 11.0 Å². The number of carbonyl (C=O) groups excluding carboxylic acids is 5. The molecule has 13 nitrogen and oxygen atoms in total. The van der Waals surface area contributed by atoms with Crippen molar-refractivity contribution in [2.75, 3.05) is 23.7 Å². The normalized spacial score (nSPS) is 24.1. The van der Waals surface area contributed by atoms with Gasteiger partial charge in [0.1, 0.15) is 17.3 Å². The molecule has 0 radical (unpaired) electrons. The van der Waals surface area contributed by atoms with Crippen LogP contribution < -0.4 is 27.0 Å². The van der Waals surface area contributed by atoms with Crippen LogP contribution in [0.1, 0.15) is 104 Å². The first-order valence-electron chi connectivity index (χ1n) is 23.1. The molecule has 4 aromatic carbocycles. The van der Waals surface area contributed by atoms with Gasteiger partial charge in [0.25, 0.3) is 5.91 Å². The largest absolute Gasteiger partial charge is 0.339 e. The van der Waals surface area contributed by atoms with E-state index in [1.807, 2.05) is 18.2 Å². The second kappa shape index (κ2) is 17.0. The number of fused-ring (bicyclic) bond motifs is 4. The van der Waals surface area contributed by atoms with E-state index in [0.29, 0.717) is 82.9 Å². The molecule has 16 heteroatoms. The van der Waals surface area contributed by atoms with Gasteiger partial charge in [0.2, 0.25) is 23.6 Å². The van der Waals surface area contributed by atoms with Gasteiger partial charge in [0, 0.05) is 71.5 Å². The molecule has 1 saturated carbocycles. The fourth-order valence-electron chi connectivity index (χ4n) is 11.6. The summed E-state index contributed by atoms with van der Waals surface area (Å²) in [6.07, 6.45) is 4.40. The van der Waals surface area contributed by atoms with Crippen LogP contribution in [-0.2, 0) is 31.6 Å². The third-order valence-electron chi connectivity index (χ3n) is 15.3. The number of nitrogens with one attached hydrogen (secondary N) is 4. The van der Waals surface area contributed by atoms with Crippen molar-refractivity contribution in [1.29, 1.82) is 0 Å². The standard InChI is InChI=1S/C52H50Cl2FN7O6/c1-50(2)21-23-51(24-22-50)52(35-15-12-32(53)28-37(35)57-48(52)67)42(34-5-4-6-36(54)43(34)55)44(59-51)46(65)56-33-13-10-31(11-14-33)47(66)61-25-19-29(20-26-61)7-8-30-9-16-38-40(27-30)60(3)49(68)62(38)39-17-18-41(63)58-45(39)64/h4-6,9-16,27-29,39,42,44,59H,17-26H2,1-3H3,(H,56,65)(H,57,67)(H,58,63,64)/t39?,42-,44+,52+/m0/s1. The predicted octanol–water partition coefficient (Wildman–Crippen LogP) is 7.59. The summed E-state index contributed by atoms with van der Waals surface area (Å²) in [5.41, 5.74) is 1.50. The second-order valence-corrected chi connectivity index (χ2v) is 20.6. The number of hydrogen-bond acceptors (Lipinski definition) is 7. The van der Waals surface area contributed by atoms with Crippen LogP contribution in [-0.4, -0.2) is 68.2 Å². The maximum Gasteiger partial charge on any atom is 0.329 e. The molecule has 5 aliphatic rings. The number of imide groups is 1. The van der Waals surface area contributed by atoms with Crippen LogP contribution in [0.4, 0.5) is 15.8 Å². The number of likely N-dealkylation sites (tertiary alicyclic amines) is 1. The highest BCUT2D eigenvalue weighted by Crippen LogP contribution is 2.64. The molecule has 0 bridgehead atoms. The van der Waals surface area contributed by atoms with Gasteiger partial charge >= 0.3 is 5.69 Å². The monoisotopic (exact) mass is 957 g/mol. The summed E-state index contributed by atoms with van der Waals surface area (Å²) in [5.74, 6) is 3.18. The van der Waals surface area contributed by atoms with Gasteiger partial charge in [-0.2, -0.15) is 0 Å². The summed E-state index contributed by atoms with van der Waals surface area (Å²) < 4.78 is 19.4. The molecule has 1 aromatic heterocycles. The van der Waals surface area contributed by atoms with E-state index < -0.39 is 46.6 Å². The number of rotatable bonds is 5. The number of aryl methyl sites for hydroxylation is 1. The summed E-state index contributed by atoms with van der Waals surface area (Å²) in [6.45, 7) is 5.38. The Morgan fingerprint density at radius 2 is 1.59 bits per heavy atom. The van der Waals surface area contributed by atoms with E-state index in [1.54, 1.807) is 66.5 Å². The van der Waals surface area contributed by atoms with Crippen molar-refractivity contribution >= 4 is 75.1 Å². The van der Waals surface area contributed by atoms with Crippen molar-refractivity contribution in [1.82, 2.24) is 24.7 Å².